The fraction of sp³-hybridized carbons (Fsp3) is 0.321. The van der Waals surface area contributed by atoms with Crippen molar-refractivity contribution in [1.82, 2.24) is 19.4 Å². The number of nitrogens with one attached hydrogen (secondary N) is 1. The molecule has 0 aliphatic carbocycles. The molecule has 0 unspecified atom stereocenters. The predicted molar refractivity (Wildman–Crippen MR) is 147 cm³/mol. The number of anilines is 2. The van der Waals surface area contributed by atoms with Crippen LogP contribution in [0.5, 0.6) is 0 Å². The summed E-state index contributed by atoms with van der Waals surface area (Å²) in [6.45, 7) is 3.00. The zero-order valence-electron chi connectivity index (χ0n) is 21.2. The molecule has 37 heavy (non-hydrogen) atoms. The summed E-state index contributed by atoms with van der Waals surface area (Å²) in [5.41, 5.74) is 3.78. The monoisotopic (exact) mass is 516 g/mol. The lowest BCUT2D eigenvalue weighted by molar-refractivity contribution is 0.0561. The number of para-hydroxylation sites is 1. The lowest BCUT2D eigenvalue weighted by atomic mass is 10.1. The number of hydrogen-bond donors (Lipinski definition) is 1. The van der Waals surface area contributed by atoms with E-state index >= 15 is 0 Å². The third-order valence-electron chi connectivity index (χ3n) is 6.49. The van der Waals surface area contributed by atoms with Gasteiger partial charge in [0.1, 0.15) is 5.69 Å². The van der Waals surface area contributed by atoms with E-state index in [1.54, 1.807) is 12.4 Å². The number of hydrogen-bond acceptors (Lipinski definition) is 7. The number of pyridine rings is 1. The van der Waals surface area contributed by atoms with Crippen LogP contribution >= 0.6 is 11.3 Å². The Hall–Kier alpha value is -3.53. The second-order valence-corrected chi connectivity index (χ2v) is 10.3. The van der Waals surface area contributed by atoms with Crippen molar-refractivity contribution in [3.05, 3.63) is 95.5 Å². The first kappa shape index (κ1) is 25.1. The number of nitrogens with zero attached hydrogens (tertiary/aromatic N) is 5. The highest BCUT2D eigenvalue weighted by Crippen LogP contribution is 2.38. The molecule has 8 nitrogen and oxygen atoms in total. The zero-order valence-corrected chi connectivity index (χ0v) is 22.0. The van der Waals surface area contributed by atoms with E-state index in [4.69, 9.17) is 9.72 Å². The minimum Gasteiger partial charge on any atom is -0.375 e. The van der Waals surface area contributed by atoms with Crippen LogP contribution in [0.15, 0.2) is 78.6 Å². The Morgan fingerprint density at radius 2 is 1.95 bits per heavy atom. The maximum absolute atomic E-state index is 13.1. The number of aromatic nitrogens is 3. The number of carbonyl (C=O) groups excluding carboxylic acids is 1. The molecule has 1 aliphatic rings. The van der Waals surface area contributed by atoms with Crippen molar-refractivity contribution in [1.29, 1.82) is 0 Å². The van der Waals surface area contributed by atoms with Gasteiger partial charge in [-0.15, -0.1) is 11.3 Å². The van der Waals surface area contributed by atoms with Gasteiger partial charge in [-0.3, -0.25) is 15.1 Å². The van der Waals surface area contributed by atoms with Gasteiger partial charge >= 0.3 is 0 Å². The topological polar surface area (TPSA) is 75.5 Å². The van der Waals surface area contributed by atoms with Gasteiger partial charge in [-0.05, 0) is 56.1 Å². The number of carbonyl (C=O) groups is 1. The van der Waals surface area contributed by atoms with E-state index in [9.17, 15) is 4.79 Å². The molecule has 192 valence electrons. The molecule has 4 aromatic rings. The minimum absolute atomic E-state index is 0.0872. The SMILES string of the molecule is CN(C)CCO[C@@H]1C[C@H](c2csc(NC(=O)c3cccn3Cc3ccncc3)n2)N(c2ccccc2)C1. The van der Waals surface area contributed by atoms with Gasteiger partial charge in [-0.1, -0.05) is 18.2 Å². The van der Waals surface area contributed by atoms with Gasteiger partial charge in [-0.2, -0.15) is 0 Å². The number of thiazole rings is 1. The third-order valence-corrected chi connectivity index (χ3v) is 7.27. The number of ether oxygens (including phenoxy) is 1. The summed E-state index contributed by atoms with van der Waals surface area (Å²) in [6.07, 6.45) is 6.41. The first-order valence-electron chi connectivity index (χ1n) is 12.5. The molecule has 0 radical (unpaired) electrons. The molecule has 0 bridgehead atoms. The van der Waals surface area contributed by atoms with Crippen LogP contribution in [0.3, 0.4) is 0 Å². The molecule has 2 atom stereocenters. The Labute approximate surface area is 221 Å². The van der Waals surface area contributed by atoms with Crippen molar-refractivity contribution in [3.8, 4) is 0 Å². The molecule has 0 saturated carbocycles. The molecular weight excluding hydrogens is 484 g/mol. The lowest BCUT2D eigenvalue weighted by Crippen LogP contribution is -2.26. The maximum atomic E-state index is 13.1. The van der Waals surface area contributed by atoms with Crippen molar-refractivity contribution in [2.75, 3.05) is 44.0 Å². The number of rotatable bonds is 10. The molecule has 1 saturated heterocycles. The Balaban J connectivity index is 1.28. The highest BCUT2D eigenvalue weighted by Gasteiger charge is 2.35. The van der Waals surface area contributed by atoms with E-state index in [1.807, 2.05) is 41.1 Å². The first-order chi connectivity index (χ1) is 18.1. The number of likely N-dealkylation sites (N-methyl/N-ethyl adjacent to an activating group) is 1. The quantitative estimate of drug-likeness (QED) is 0.334. The van der Waals surface area contributed by atoms with Gasteiger partial charge in [0.05, 0.1) is 24.4 Å². The molecule has 1 aliphatic heterocycles. The average Bonchev–Trinajstić information content (AvgIpc) is 3.65. The van der Waals surface area contributed by atoms with Gasteiger partial charge in [0.25, 0.3) is 5.91 Å². The summed E-state index contributed by atoms with van der Waals surface area (Å²) < 4.78 is 8.15. The van der Waals surface area contributed by atoms with Gasteiger partial charge < -0.3 is 19.1 Å². The number of amides is 1. The zero-order chi connectivity index (χ0) is 25.6. The Kier molecular flexibility index (Phi) is 7.93. The van der Waals surface area contributed by atoms with Gasteiger partial charge in [0, 0.05) is 55.7 Å². The fourth-order valence-electron chi connectivity index (χ4n) is 4.61. The Morgan fingerprint density at radius 3 is 2.73 bits per heavy atom. The van der Waals surface area contributed by atoms with Crippen LogP contribution in [0, 0.1) is 0 Å². The number of benzene rings is 1. The molecule has 9 heteroatoms. The summed E-state index contributed by atoms with van der Waals surface area (Å²) >= 11 is 1.46. The van der Waals surface area contributed by atoms with Crippen LogP contribution in [0.4, 0.5) is 10.8 Å². The van der Waals surface area contributed by atoms with Crippen LogP contribution in [0.1, 0.15) is 34.2 Å². The molecule has 3 aromatic heterocycles. The normalized spacial score (nSPS) is 17.4. The molecule has 5 rings (SSSR count). The molecule has 1 fully saturated rings. The van der Waals surface area contributed by atoms with Gasteiger partial charge in [0.15, 0.2) is 5.13 Å². The fourth-order valence-corrected chi connectivity index (χ4v) is 5.36. The molecule has 1 aromatic carbocycles. The Morgan fingerprint density at radius 1 is 1.14 bits per heavy atom. The Bertz CT molecular complexity index is 1290. The molecule has 1 amide bonds. The largest absolute Gasteiger partial charge is 0.375 e. The summed E-state index contributed by atoms with van der Waals surface area (Å²) in [5.74, 6) is -0.170. The van der Waals surface area contributed by atoms with Crippen molar-refractivity contribution in [3.63, 3.8) is 0 Å². The lowest BCUT2D eigenvalue weighted by Gasteiger charge is -2.25. The smallest absolute Gasteiger partial charge is 0.274 e. The van der Waals surface area contributed by atoms with Gasteiger partial charge in [-0.25, -0.2) is 4.98 Å². The van der Waals surface area contributed by atoms with E-state index in [0.717, 1.165) is 36.5 Å². The third kappa shape index (κ3) is 6.25. The predicted octanol–water partition coefficient (Wildman–Crippen LogP) is 4.54. The molecule has 0 spiro atoms. The average molecular weight is 517 g/mol. The van der Waals surface area contributed by atoms with Crippen molar-refractivity contribution in [2.45, 2.75) is 25.1 Å². The summed E-state index contributed by atoms with van der Waals surface area (Å²) in [5, 5.41) is 5.66. The first-order valence-corrected chi connectivity index (χ1v) is 13.3. The van der Waals surface area contributed by atoms with Crippen molar-refractivity contribution < 1.29 is 9.53 Å². The van der Waals surface area contributed by atoms with E-state index in [0.29, 0.717) is 24.0 Å². The van der Waals surface area contributed by atoms with Crippen molar-refractivity contribution >= 4 is 28.1 Å². The molecular formula is C28H32N6O2S. The summed E-state index contributed by atoms with van der Waals surface area (Å²) in [4.78, 5) is 26.5. The summed E-state index contributed by atoms with van der Waals surface area (Å²) in [7, 11) is 4.11. The standard InChI is InChI=1S/C28H32N6O2S/c1-32(2)15-16-36-23-17-26(34(19-23)22-7-4-3-5-8-22)24-20-37-28(30-24)31-27(35)25-9-6-14-33(25)18-21-10-12-29-13-11-21/h3-14,20,23,26H,15-19H2,1-2H3,(H,30,31,35)/t23-,26-/m1/s1. The minimum atomic E-state index is -0.170. The van der Waals surface area contributed by atoms with Crippen LogP contribution in [-0.4, -0.2) is 65.2 Å². The van der Waals surface area contributed by atoms with Crippen molar-refractivity contribution in [2.24, 2.45) is 0 Å². The second-order valence-electron chi connectivity index (χ2n) is 9.44. The second kappa shape index (κ2) is 11.7. The van der Waals surface area contributed by atoms with Crippen LogP contribution in [0.2, 0.25) is 0 Å². The van der Waals surface area contributed by atoms with Crippen LogP contribution in [0.25, 0.3) is 0 Å². The van der Waals surface area contributed by atoms with Gasteiger partial charge in [0.2, 0.25) is 0 Å². The maximum Gasteiger partial charge on any atom is 0.274 e. The molecule has 1 N–H and O–H groups in total. The molecule has 4 heterocycles. The van der Waals surface area contributed by atoms with E-state index < -0.39 is 0 Å². The highest BCUT2D eigenvalue weighted by molar-refractivity contribution is 7.14. The van der Waals surface area contributed by atoms with E-state index in [1.165, 1.54) is 11.3 Å². The van der Waals surface area contributed by atoms with Crippen LogP contribution < -0.4 is 10.2 Å². The van der Waals surface area contributed by atoms with E-state index in [2.05, 4.69) is 63.8 Å². The van der Waals surface area contributed by atoms with E-state index in [-0.39, 0.29) is 18.1 Å². The highest BCUT2D eigenvalue weighted by atomic mass is 32.1. The van der Waals surface area contributed by atoms with Crippen LogP contribution in [-0.2, 0) is 11.3 Å². The summed E-state index contributed by atoms with van der Waals surface area (Å²) in [6, 6.07) is 18.1.